The third-order valence-electron chi connectivity index (χ3n) is 2.93. The molecule has 0 aromatic carbocycles. The molecule has 0 spiro atoms. The van der Waals surface area contributed by atoms with Crippen molar-refractivity contribution in [3.05, 3.63) is 21.9 Å². The molecule has 1 aliphatic carbocycles. The minimum Gasteiger partial charge on any atom is -0.392 e. The van der Waals surface area contributed by atoms with E-state index in [1.54, 1.807) is 0 Å². The second-order valence-electron chi connectivity index (χ2n) is 3.82. The monoisotopic (exact) mass is 196 g/mol. The van der Waals surface area contributed by atoms with E-state index in [1.807, 2.05) is 11.3 Å². The fraction of sp³-hybridized carbons (Fsp3) is 0.636. The summed E-state index contributed by atoms with van der Waals surface area (Å²) in [4.78, 5) is 1.39. The first kappa shape index (κ1) is 9.22. The van der Waals surface area contributed by atoms with Crippen molar-refractivity contribution < 1.29 is 5.11 Å². The lowest BCUT2D eigenvalue weighted by molar-refractivity contribution is 0.165. The van der Waals surface area contributed by atoms with Gasteiger partial charge < -0.3 is 5.11 Å². The van der Waals surface area contributed by atoms with Crippen molar-refractivity contribution in [1.29, 1.82) is 0 Å². The third kappa shape index (κ3) is 1.79. The molecule has 0 amide bonds. The van der Waals surface area contributed by atoms with E-state index in [2.05, 4.69) is 18.4 Å². The molecule has 2 atom stereocenters. The molecule has 1 N–H and O–H groups in total. The van der Waals surface area contributed by atoms with E-state index in [9.17, 15) is 5.11 Å². The van der Waals surface area contributed by atoms with E-state index in [-0.39, 0.29) is 6.10 Å². The number of hydrogen-bond acceptors (Lipinski definition) is 2. The lowest BCUT2D eigenvalue weighted by Gasteiger charge is -2.11. The van der Waals surface area contributed by atoms with Gasteiger partial charge in [0.2, 0.25) is 0 Å². The number of aliphatic hydroxyl groups excluding tert-OH is 1. The summed E-state index contributed by atoms with van der Waals surface area (Å²) in [5.74, 6) is 0.435. The molecule has 1 aliphatic rings. The average molecular weight is 196 g/mol. The smallest absolute Gasteiger partial charge is 0.0616 e. The Labute approximate surface area is 83.4 Å². The standard InChI is InChI=1S/C11H16OS/c1-2-8-6-11(13-7-8)9-4-3-5-10(9)12/h6-7,9-10,12H,2-5H2,1H3/t9-,10-/m1/s1. The van der Waals surface area contributed by atoms with E-state index < -0.39 is 0 Å². The summed E-state index contributed by atoms with van der Waals surface area (Å²) in [6.45, 7) is 2.18. The van der Waals surface area contributed by atoms with Crippen molar-refractivity contribution in [2.24, 2.45) is 0 Å². The summed E-state index contributed by atoms with van der Waals surface area (Å²) in [7, 11) is 0. The summed E-state index contributed by atoms with van der Waals surface area (Å²) < 4.78 is 0. The molecule has 1 heterocycles. The molecule has 0 saturated heterocycles. The molecule has 0 unspecified atom stereocenters. The van der Waals surface area contributed by atoms with Gasteiger partial charge in [0, 0.05) is 10.8 Å². The number of thiophene rings is 1. The molecule has 0 aliphatic heterocycles. The largest absolute Gasteiger partial charge is 0.392 e. The average Bonchev–Trinajstić information content (AvgIpc) is 2.71. The Balaban J connectivity index is 2.15. The lowest BCUT2D eigenvalue weighted by Crippen LogP contribution is -2.09. The van der Waals surface area contributed by atoms with E-state index >= 15 is 0 Å². The molecule has 1 aromatic rings. The molecule has 1 fully saturated rings. The first-order chi connectivity index (χ1) is 6.31. The SMILES string of the molecule is CCc1csc([C@@H]2CCC[C@H]2O)c1. The molecule has 0 bridgehead atoms. The summed E-state index contributed by atoms with van der Waals surface area (Å²) in [5, 5.41) is 12.0. The van der Waals surface area contributed by atoms with E-state index in [0.29, 0.717) is 5.92 Å². The van der Waals surface area contributed by atoms with Gasteiger partial charge in [-0.1, -0.05) is 13.3 Å². The topological polar surface area (TPSA) is 20.2 Å². The zero-order valence-electron chi connectivity index (χ0n) is 7.99. The fourth-order valence-corrected chi connectivity index (χ4v) is 3.24. The molecule has 2 heteroatoms. The Morgan fingerprint density at radius 1 is 1.54 bits per heavy atom. The van der Waals surface area contributed by atoms with Gasteiger partial charge in [-0.05, 0) is 36.3 Å². The van der Waals surface area contributed by atoms with Crippen LogP contribution in [0.25, 0.3) is 0 Å². The Bertz CT molecular complexity index is 279. The molecular formula is C11H16OS. The van der Waals surface area contributed by atoms with Crippen molar-refractivity contribution in [3.63, 3.8) is 0 Å². The molecule has 1 saturated carbocycles. The number of hydrogen-bond donors (Lipinski definition) is 1. The van der Waals surface area contributed by atoms with Crippen LogP contribution in [0.5, 0.6) is 0 Å². The molecule has 2 rings (SSSR count). The Morgan fingerprint density at radius 3 is 2.92 bits per heavy atom. The summed E-state index contributed by atoms with van der Waals surface area (Å²) in [6.07, 6.45) is 4.38. The minimum absolute atomic E-state index is 0.0802. The maximum atomic E-state index is 9.73. The van der Waals surface area contributed by atoms with Gasteiger partial charge in [-0.3, -0.25) is 0 Å². The highest BCUT2D eigenvalue weighted by molar-refractivity contribution is 7.10. The molecule has 1 nitrogen and oxygen atoms in total. The van der Waals surface area contributed by atoms with Crippen LogP contribution >= 0.6 is 11.3 Å². The van der Waals surface area contributed by atoms with Crippen LogP contribution in [0.3, 0.4) is 0 Å². The van der Waals surface area contributed by atoms with E-state index in [0.717, 1.165) is 12.8 Å². The number of aryl methyl sites for hydroxylation is 1. The van der Waals surface area contributed by atoms with Crippen LogP contribution in [0, 0.1) is 0 Å². The first-order valence-electron chi connectivity index (χ1n) is 5.06. The first-order valence-corrected chi connectivity index (χ1v) is 5.94. The lowest BCUT2D eigenvalue weighted by atomic mass is 10.0. The highest BCUT2D eigenvalue weighted by Gasteiger charge is 2.27. The predicted molar refractivity (Wildman–Crippen MR) is 56.3 cm³/mol. The van der Waals surface area contributed by atoms with Gasteiger partial charge in [-0.25, -0.2) is 0 Å². The van der Waals surface area contributed by atoms with Crippen LogP contribution in [-0.4, -0.2) is 11.2 Å². The molecule has 1 aromatic heterocycles. The Kier molecular flexibility index (Phi) is 2.70. The summed E-state index contributed by atoms with van der Waals surface area (Å²) >= 11 is 1.82. The van der Waals surface area contributed by atoms with Crippen LogP contribution < -0.4 is 0 Å². The van der Waals surface area contributed by atoms with Crippen LogP contribution in [0.4, 0.5) is 0 Å². The van der Waals surface area contributed by atoms with Crippen LogP contribution in [-0.2, 0) is 6.42 Å². The van der Waals surface area contributed by atoms with E-state index in [1.165, 1.54) is 23.3 Å². The Morgan fingerprint density at radius 2 is 2.38 bits per heavy atom. The van der Waals surface area contributed by atoms with Crippen LogP contribution in [0.2, 0.25) is 0 Å². The summed E-state index contributed by atoms with van der Waals surface area (Å²) in [6, 6.07) is 2.27. The van der Waals surface area contributed by atoms with Crippen molar-refractivity contribution in [2.75, 3.05) is 0 Å². The zero-order chi connectivity index (χ0) is 9.26. The van der Waals surface area contributed by atoms with Gasteiger partial charge in [0.1, 0.15) is 0 Å². The molecule has 0 radical (unpaired) electrons. The molecule has 13 heavy (non-hydrogen) atoms. The molecule has 72 valence electrons. The van der Waals surface area contributed by atoms with Gasteiger partial charge in [0.05, 0.1) is 6.10 Å². The minimum atomic E-state index is -0.0802. The highest BCUT2D eigenvalue weighted by atomic mass is 32.1. The van der Waals surface area contributed by atoms with Gasteiger partial charge in [0.15, 0.2) is 0 Å². The molecular weight excluding hydrogens is 180 g/mol. The number of rotatable bonds is 2. The van der Waals surface area contributed by atoms with Gasteiger partial charge >= 0.3 is 0 Å². The van der Waals surface area contributed by atoms with Crippen LogP contribution in [0.15, 0.2) is 11.4 Å². The van der Waals surface area contributed by atoms with Crippen LogP contribution in [0.1, 0.15) is 42.5 Å². The highest BCUT2D eigenvalue weighted by Crippen LogP contribution is 2.37. The summed E-state index contributed by atoms with van der Waals surface area (Å²) in [5.41, 5.74) is 1.42. The van der Waals surface area contributed by atoms with Crippen molar-refractivity contribution in [2.45, 2.75) is 44.6 Å². The number of aliphatic hydroxyl groups is 1. The zero-order valence-corrected chi connectivity index (χ0v) is 8.81. The van der Waals surface area contributed by atoms with Crippen molar-refractivity contribution in [1.82, 2.24) is 0 Å². The maximum absolute atomic E-state index is 9.73. The third-order valence-corrected chi connectivity index (χ3v) is 4.04. The van der Waals surface area contributed by atoms with Gasteiger partial charge in [0.25, 0.3) is 0 Å². The Hall–Kier alpha value is -0.340. The second-order valence-corrected chi connectivity index (χ2v) is 4.76. The van der Waals surface area contributed by atoms with Crippen molar-refractivity contribution in [3.8, 4) is 0 Å². The maximum Gasteiger partial charge on any atom is 0.0616 e. The van der Waals surface area contributed by atoms with Gasteiger partial charge in [-0.2, -0.15) is 0 Å². The second kappa shape index (κ2) is 3.81. The normalized spacial score (nSPS) is 28.2. The predicted octanol–water partition coefficient (Wildman–Crippen LogP) is 2.94. The quantitative estimate of drug-likeness (QED) is 0.771. The van der Waals surface area contributed by atoms with Crippen molar-refractivity contribution >= 4 is 11.3 Å². The van der Waals surface area contributed by atoms with Gasteiger partial charge in [-0.15, -0.1) is 11.3 Å². The van der Waals surface area contributed by atoms with E-state index in [4.69, 9.17) is 0 Å². The fourth-order valence-electron chi connectivity index (χ4n) is 2.05.